The van der Waals surface area contributed by atoms with Crippen molar-refractivity contribution in [2.45, 2.75) is 6.92 Å². The van der Waals surface area contributed by atoms with Crippen molar-refractivity contribution in [2.24, 2.45) is 0 Å². The smallest absolute Gasteiger partial charge is 0.295 e. The second-order valence-corrected chi connectivity index (χ2v) is 4.15. The molecule has 88 valence electrons. The van der Waals surface area contributed by atoms with Crippen LogP contribution in [0.5, 0.6) is 0 Å². The molecule has 2 aromatic heterocycles. The van der Waals surface area contributed by atoms with Crippen LogP contribution in [0.15, 0.2) is 6.20 Å². The fourth-order valence-corrected chi connectivity index (χ4v) is 1.68. The summed E-state index contributed by atoms with van der Waals surface area (Å²) < 4.78 is 0. The maximum atomic E-state index is 11.7. The van der Waals surface area contributed by atoms with Gasteiger partial charge in [-0.1, -0.05) is 11.3 Å². The van der Waals surface area contributed by atoms with E-state index in [2.05, 4.69) is 25.7 Å². The van der Waals surface area contributed by atoms with Crippen LogP contribution in [-0.4, -0.2) is 31.2 Å². The Bertz CT molecular complexity index is 576. The molecule has 0 fully saturated rings. The van der Waals surface area contributed by atoms with E-state index in [9.17, 15) is 14.9 Å². The van der Waals surface area contributed by atoms with Gasteiger partial charge in [-0.25, -0.2) is 0 Å². The first-order valence-corrected chi connectivity index (χ1v) is 5.19. The summed E-state index contributed by atoms with van der Waals surface area (Å²) in [5, 5.41) is 27.0. The lowest BCUT2D eigenvalue weighted by Gasteiger charge is -1.96. The Morgan fingerprint density at radius 3 is 2.94 bits per heavy atom. The van der Waals surface area contributed by atoms with E-state index in [4.69, 9.17) is 0 Å². The van der Waals surface area contributed by atoms with Crippen LogP contribution in [0.4, 0.5) is 10.8 Å². The van der Waals surface area contributed by atoms with Gasteiger partial charge < -0.3 is 0 Å². The van der Waals surface area contributed by atoms with Gasteiger partial charge >= 0.3 is 5.69 Å². The molecule has 0 aromatic carbocycles. The molecule has 2 heterocycles. The van der Waals surface area contributed by atoms with E-state index in [-0.39, 0.29) is 16.5 Å². The third-order valence-electron chi connectivity index (χ3n) is 1.79. The molecule has 0 bridgehead atoms. The molecule has 0 unspecified atom stereocenters. The van der Waals surface area contributed by atoms with Crippen molar-refractivity contribution < 1.29 is 9.72 Å². The normalized spacial score (nSPS) is 10.2. The summed E-state index contributed by atoms with van der Waals surface area (Å²) in [5.74, 6) is -0.676. The number of nitro groups is 1. The van der Waals surface area contributed by atoms with Crippen molar-refractivity contribution in [2.75, 3.05) is 5.32 Å². The summed E-state index contributed by atoms with van der Waals surface area (Å²) in [7, 11) is 0. The number of aryl methyl sites for hydroxylation is 1. The summed E-state index contributed by atoms with van der Waals surface area (Å²) in [6, 6.07) is 0. The van der Waals surface area contributed by atoms with Gasteiger partial charge in [0.25, 0.3) is 5.91 Å². The molecule has 0 saturated carbocycles. The summed E-state index contributed by atoms with van der Waals surface area (Å²) in [5.41, 5.74) is -0.605. The predicted octanol–water partition coefficient (Wildman–Crippen LogP) is 0.730. The molecular formula is C7H6N6O3S. The van der Waals surface area contributed by atoms with Gasteiger partial charge in [-0.2, -0.15) is 5.10 Å². The van der Waals surface area contributed by atoms with E-state index in [1.807, 2.05) is 0 Å². The van der Waals surface area contributed by atoms with Gasteiger partial charge in [-0.15, -0.1) is 10.2 Å². The highest BCUT2D eigenvalue weighted by atomic mass is 32.1. The Kier molecular flexibility index (Phi) is 2.78. The summed E-state index contributed by atoms with van der Waals surface area (Å²) in [6.07, 6.45) is 0.972. The first-order valence-electron chi connectivity index (χ1n) is 4.37. The fourth-order valence-electron chi connectivity index (χ4n) is 1.09. The number of aromatic nitrogens is 4. The number of nitrogens with one attached hydrogen (secondary N) is 2. The van der Waals surface area contributed by atoms with Crippen LogP contribution in [0.3, 0.4) is 0 Å². The van der Waals surface area contributed by atoms with Crippen molar-refractivity contribution in [1.82, 2.24) is 20.4 Å². The maximum Gasteiger partial charge on any atom is 0.319 e. The first kappa shape index (κ1) is 11.1. The molecule has 2 aromatic rings. The lowest BCUT2D eigenvalue weighted by Crippen LogP contribution is -2.14. The quantitative estimate of drug-likeness (QED) is 0.614. The monoisotopic (exact) mass is 254 g/mol. The number of amides is 1. The molecule has 10 heteroatoms. The van der Waals surface area contributed by atoms with Crippen molar-refractivity contribution in [3.8, 4) is 0 Å². The highest BCUT2D eigenvalue weighted by Crippen LogP contribution is 2.18. The van der Waals surface area contributed by atoms with E-state index in [1.165, 1.54) is 11.3 Å². The number of H-pyrrole nitrogens is 1. The van der Waals surface area contributed by atoms with Crippen LogP contribution in [0.2, 0.25) is 0 Å². The number of anilines is 1. The number of carbonyl (C=O) groups is 1. The van der Waals surface area contributed by atoms with Gasteiger partial charge in [-0.3, -0.25) is 25.3 Å². The van der Waals surface area contributed by atoms with E-state index in [0.717, 1.165) is 6.20 Å². The highest BCUT2D eigenvalue weighted by molar-refractivity contribution is 7.15. The van der Waals surface area contributed by atoms with Crippen LogP contribution in [-0.2, 0) is 0 Å². The predicted molar refractivity (Wildman–Crippen MR) is 57.8 cm³/mol. The Morgan fingerprint density at radius 2 is 2.35 bits per heavy atom. The summed E-state index contributed by atoms with van der Waals surface area (Å²) in [6.45, 7) is 1.73. The largest absolute Gasteiger partial charge is 0.319 e. The zero-order valence-electron chi connectivity index (χ0n) is 8.50. The standard InChI is InChI=1S/C7H6N6O3S/c1-3-10-12-7(17-3)9-6(14)5-4(13(15)16)2-8-11-5/h2H,1H3,(H,8,11)(H,9,12,14). The fraction of sp³-hybridized carbons (Fsp3) is 0.143. The second kappa shape index (κ2) is 4.25. The lowest BCUT2D eigenvalue weighted by molar-refractivity contribution is -0.385. The Hall–Kier alpha value is -2.36. The number of carbonyl (C=O) groups excluding carboxylic acids is 1. The highest BCUT2D eigenvalue weighted by Gasteiger charge is 2.23. The van der Waals surface area contributed by atoms with Crippen molar-refractivity contribution >= 4 is 28.1 Å². The van der Waals surface area contributed by atoms with Crippen LogP contribution in [0, 0.1) is 17.0 Å². The van der Waals surface area contributed by atoms with Crippen molar-refractivity contribution in [3.63, 3.8) is 0 Å². The van der Waals surface area contributed by atoms with Gasteiger partial charge in [0.15, 0.2) is 0 Å². The molecule has 0 aliphatic heterocycles. The average molecular weight is 254 g/mol. The van der Waals surface area contributed by atoms with Crippen LogP contribution in [0.25, 0.3) is 0 Å². The minimum atomic E-state index is -0.691. The van der Waals surface area contributed by atoms with Crippen LogP contribution in [0.1, 0.15) is 15.5 Å². The molecule has 9 nitrogen and oxygen atoms in total. The van der Waals surface area contributed by atoms with Gasteiger partial charge in [0, 0.05) is 0 Å². The third kappa shape index (κ3) is 2.25. The van der Waals surface area contributed by atoms with E-state index < -0.39 is 10.8 Å². The van der Waals surface area contributed by atoms with Crippen LogP contribution >= 0.6 is 11.3 Å². The molecule has 0 spiro atoms. The topological polar surface area (TPSA) is 127 Å². The lowest BCUT2D eigenvalue weighted by atomic mass is 10.3. The number of rotatable bonds is 3. The Balaban J connectivity index is 2.20. The molecule has 17 heavy (non-hydrogen) atoms. The summed E-state index contributed by atoms with van der Waals surface area (Å²) in [4.78, 5) is 21.6. The minimum Gasteiger partial charge on any atom is -0.295 e. The second-order valence-electron chi connectivity index (χ2n) is 2.97. The van der Waals surface area contributed by atoms with Crippen molar-refractivity contribution in [1.29, 1.82) is 0 Å². The van der Waals surface area contributed by atoms with E-state index in [1.54, 1.807) is 6.92 Å². The molecule has 0 saturated heterocycles. The van der Waals surface area contributed by atoms with Gasteiger partial charge in [-0.05, 0) is 6.92 Å². The van der Waals surface area contributed by atoms with Gasteiger partial charge in [0.2, 0.25) is 10.8 Å². The average Bonchev–Trinajstić information content (AvgIpc) is 2.86. The zero-order valence-corrected chi connectivity index (χ0v) is 9.32. The third-order valence-corrected chi connectivity index (χ3v) is 2.54. The zero-order chi connectivity index (χ0) is 12.4. The molecule has 2 rings (SSSR count). The van der Waals surface area contributed by atoms with Gasteiger partial charge in [0.05, 0.1) is 4.92 Å². The minimum absolute atomic E-state index is 0.220. The van der Waals surface area contributed by atoms with Gasteiger partial charge in [0.1, 0.15) is 11.2 Å². The van der Waals surface area contributed by atoms with E-state index >= 15 is 0 Å². The van der Waals surface area contributed by atoms with Crippen LogP contribution < -0.4 is 5.32 Å². The Labute approximate surface area is 98.0 Å². The Morgan fingerprint density at radius 1 is 1.59 bits per heavy atom. The molecule has 0 radical (unpaired) electrons. The van der Waals surface area contributed by atoms with E-state index in [0.29, 0.717) is 5.01 Å². The molecule has 2 N–H and O–H groups in total. The molecule has 0 atom stereocenters. The maximum absolute atomic E-state index is 11.7. The number of aromatic amines is 1. The molecule has 0 aliphatic carbocycles. The molecular weight excluding hydrogens is 248 g/mol. The first-order chi connectivity index (χ1) is 8.08. The molecule has 0 aliphatic rings. The number of nitrogens with zero attached hydrogens (tertiary/aromatic N) is 4. The SMILES string of the molecule is Cc1nnc(NC(=O)c2[nH]ncc2[N+](=O)[O-])s1. The molecule has 1 amide bonds. The number of hydrogen-bond donors (Lipinski definition) is 2. The summed E-state index contributed by atoms with van der Waals surface area (Å²) >= 11 is 1.17. The van der Waals surface area contributed by atoms with Crippen molar-refractivity contribution in [3.05, 3.63) is 27.0 Å². The number of hydrogen-bond acceptors (Lipinski definition) is 7.